The van der Waals surface area contributed by atoms with Gasteiger partial charge in [0.15, 0.2) is 11.4 Å². The van der Waals surface area contributed by atoms with Crippen molar-refractivity contribution in [3.63, 3.8) is 0 Å². The van der Waals surface area contributed by atoms with Gasteiger partial charge in [0.05, 0.1) is 5.39 Å². The van der Waals surface area contributed by atoms with E-state index in [1.54, 1.807) is 0 Å². The van der Waals surface area contributed by atoms with Crippen LogP contribution >= 0.6 is 0 Å². The largest absolute Gasteiger partial charge is 0.419 e. The molecule has 202 valence electrons. The highest BCUT2D eigenvalue weighted by Crippen LogP contribution is 2.39. The van der Waals surface area contributed by atoms with Crippen LogP contribution in [0.5, 0.6) is 0 Å². The molecule has 0 radical (unpaired) electrons. The van der Waals surface area contributed by atoms with Crippen LogP contribution < -0.4 is 5.63 Å². The van der Waals surface area contributed by atoms with E-state index in [4.69, 9.17) is 4.42 Å². The van der Waals surface area contributed by atoms with E-state index < -0.39 is 5.63 Å². The SMILES string of the molecule is CCCCCCCCc1ccc2c(oc(=O)c3cc(C4CCC(CCCCCCC)CC4)ccc32)c1F. The van der Waals surface area contributed by atoms with Crippen LogP contribution in [0.25, 0.3) is 21.7 Å². The third-order valence-electron chi connectivity index (χ3n) is 8.76. The lowest BCUT2D eigenvalue weighted by Gasteiger charge is -2.29. The Morgan fingerprint density at radius 1 is 0.757 bits per heavy atom. The van der Waals surface area contributed by atoms with Gasteiger partial charge in [0.1, 0.15) is 0 Å². The molecule has 3 heteroatoms. The Labute approximate surface area is 223 Å². The molecule has 0 aliphatic heterocycles. The Morgan fingerprint density at radius 3 is 2.14 bits per heavy atom. The van der Waals surface area contributed by atoms with Gasteiger partial charge in [-0.2, -0.15) is 0 Å². The molecule has 1 aliphatic carbocycles. The van der Waals surface area contributed by atoms with Crippen molar-refractivity contribution < 1.29 is 8.81 Å². The van der Waals surface area contributed by atoms with E-state index in [1.807, 2.05) is 24.3 Å². The highest BCUT2D eigenvalue weighted by molar-refractivity contribution is 6.04. The van der Waals surface area contributed by atoms with E-state index in [0.29, 0.717) is 28.7 Å². The van der Waals surface area contributed by atoms with Gasteiger partial charge in [-0.05, 0) is 67.6 Å². The fraction of sp³-hybridized carbons (Fsp3) is 0.618. The molecule has 0 amide bonds. The van der Waals surface area contributed by atoms with Crippen LogP contribution in [0, 0.1) is 11.7 Å². The summed E-state index contributed by atoms with van der Waals surface area (Å²) < 4.78 is 20.9. The van der Waals surface area contributed by atoms with Gasteiger partial charge in [0, 0.05) is 10.8 Å². The summed E-state index contributed by atoms with van der Waals surface area (Å²) in [5.41, 5.74) is 1.60. The standard InChI is InChI=1S/C34H47FO2/c1-3-5-7-9-11-13-15-27-20-23-30-29-22-21-28(24-31(29)34(36)37-33(30)32(27)35)26-18-16-25(17-19-26)14-12-10-8-6-4-2/h20-26H,3-19H2,1-2H3. The molecule has 2 nitrogen and oxygen atoms in total. The number of hydrogen-bond acceptors (Lipinski definition) is 2. The second kappa shape index (κ2) is 14.1. The lowest BCUT2D eigenvalue weighted by molar-refractivity contribution is 0.302. The first-order chi connectivity index (χ1) is 18.1. The van der Waals surface area contributed by atoms with Gasteiger partial charge >= 0.3 is 5.63 Å². The predicted molar refractivity (Wildman–Crippen MR) is 155 cm³/mol. The predicted octanol–water partition coefficient (Wildman–Crippen LogP) is 10.6. The van der Waals surface area contributed by atoms with Crippen LogP contribution in [0.2, 0.25) is 0 Å². The van der Waals surface area contributed by atoms with Gasteiger partial charge < -0.3 is 4.42 Å². The van der Waals surface area contributed by atoms with Crippen molar-refractivity contribution >= 4 is 21.7 Å². The minimum Gasteiger partial charge on any atom is -0.419 e. The van der Waals surface area contributed by atoms with Crippen LogP contribution in [0.4, 0.5) is 4.39 Å². The molecule has 1 heterocycles. The fourth-order valence-corrected chi connectivity index (χ4v) is 6.39. The number of unbranched alkanes of at least 4 members (excludes halogenated alkanes) is 9. The van der Waals surface area contributed by atoms with Gasteiger partial charge in [0.2, 0.25) is 0 Å². The Bertz CT molecular complexity index is 1190. The second-order valence-electron chi connectivity index (χ2n) is 11.5. The maximum Gasteiger partial charge on any atom is 0.344 e. The monoisotopic (exact) mass is 506 g/mol. The molecule has 2 aromatic carbocycles. The smallest absolute Gasteiger partial charge is 0.344 e. The molecule has 37 heavy (non-hydrogen) atoms. The molecule has 3 aromatic rings. The molecule has 0 atom stereocenters. The molecule has 4 rings (SSSR count). The molecule has 0 bridgehead atoms. The maximum absolute atomic E-state index is 15.3. The first kappa shape index (κ1) is 27.9. The Morgan fingerprint density at radius 2 is 1.41 bits per heavy atom. The van der Waals surface area contributed by atoms with Gasteiger partial charge in [-0.25, -0.2) is 9.18 Å². The number of aryl methyl sites for hydroxylation is 1. The van der Waals surface area contributed by atoms with Crippen molar-refractivity contribution in [2.24, 2.45) is 5.92 Å². The minimum absolute atomic E-state index is 0.119. The highest BCUT2D eigenvalue weighted by atomic mass is 19.1. The third-order valence-corrected chi connectivity index (χ3v) is 8.76. The molecule has 0 unspecified atom stereocenters. The molecular formula is C34H47FO2. The lowest BCUT2D eigenvalue weighted by atomic mass is 9.76. The second-order valence-corrected chi connectivity index (χ2v) is 11.5. The Kier molecular flexibility index (Phi) is 10.6. The van der Waals surface area contributed by atoms with Crippen LogP contribution in [-0.2, 0) is 6.42 Å². The summed E-state index contributed by atoms with van der Waals surface area (Å²) in [6.45, 7) is 4.48. The molecule has 1 fully saturated rings. The zero-order valence-electron chi connectivity index (χ0n) is 23.3. The summed E-state index contributed by atoms with van der Waals surface area (Å²) in [6, 6.07) is 10.1. The summed E-state index contributed by atoms with van der Waals surface area (Å²) >= 11 is 0. The first-order valence-corrected chi connectivity index (χ1v) is 15.3. The van der Waals surface area contributed by atoms with E-state index in [0.717, 1.165) is 24.1 Å². The Hall–Kier alpha value is -2.16. The van der Waals surface area contributed by atoms with Crippen molar-refractivity contribution in [2.75, 3.05) is 0 Å². The average molecular weight is 507 g/mol. The quantitative estimate of drug-likeness (QED) is 0.124. The summed E-state index contributed by atoms with van der Waals surface area (Å²) in [7, 11) is 0. The molecule has 1 saturated carbocycles. The minimum atomic E-state index is -0.416. The number of hydrogen-bond donors (Lipinski definition) is 0. The van der Waals surface area contributed by atoms with Gasteiger partial charge in [0.25, 0.3) is 0 Å². The summed E-state index contributed by atoms with van der Waals surface area (Å²) in [4.78, 5) is 13.0. The molecule has 0 spiro atoms. The first-order valence-electron chi connectivity index (χ1n) is 15.3. The van der Waals surface area contributed by atoms with Crippen molar-refractivity contribution in [1.29, 1.82) is 0 Å². The summed E-state index contributed by atoms with van der Waals surface area (Å²) in [5.74, 6) is 1.01. The maximum atomic E-state index is 15.3. The number of fused-ring (bicyclic) bond motifs is 3. The van der Waals surface area contributed by atoms with Crippen molar-refractivity contribution in [3.05, 3.63) is 57.7 Å². The van der Waals surface area contributed by atoms with Gasteiger partial charge in [-0.1, -0.05) is 109 Å². The lowest BCUT2D eigenvalue weighted by Crippen LogP contribution is -2.14. The van der Waals surface area contributed by atoms with Crippen LogP contribution in [-0.4, -0.2) is 0 Å². The highest BCUT2D eigenvalue weighted by Gasteiger charge is 2.23. The summed E-state index contributed by atoms with van der Waals surface area (Å²) in [6.07, 6.45) is 20.9. The van der Waals surface area contributed by atoms with Crippen LogP contribution in [0.3, 0.4) is 0 Å². The summed E-state index contributed by atoms with van der Waals surface area (Å²) in [5, 5.41) is 2.10. The topological polar surface area (TPSA) is 30.2 Å². The zero-order chi connectivity index (χ0) is 26.0. The van der Waals surface area contributed by atoms with Crippen LogP contribution in [0.15, 0.2) is 39.5 Å². The van der Waals surface area contributed by atoms with E-state index in [-0.39, 0.29) is 11.4 Å². The Balaban J connectivity index is 1.42. The number of halogens is 1. The molecule has 1 aromatic heterocycles. The van der Waals surface area contributed by atoms with E-state index in [2.05, 4.69) is 19.9 Å². The molecule has 0 N–H and O–H groups in total. The van der Waals surface area contributed by atoms with Gasteiger partial charge in [-0.15, -0.1) is 0 Å². The van der Waals surface area contributed by atoms with Crippen LogP contribution in [0.1, 0.15) is 134 Å². The molecule has 1 aliphatic rings. The molecule has 0 saturated heterocycles. The third kappa shape index (κ3) is 7.24. The number of rotatable bonds is 14. The van der Waals surface area contributed by atoms with E-state index >= 15 is 4.39 Å². The van der Waals surface area contributed by atoms with Crippen molar-refractivity contribution in [3.8, 4) is 0 Å². The number of benzene rings is 2. The molecular weight excluding hydrogens is 459 g/mol. The normalized spacial score (nSPS) is 18.1. The van der Waals surface area contributed by atoms with Gasteiger partial charge in [-0.3, -0.25) is 0 Å². The van der Waals surface area contributed by atoms with Crippen molar-refractivity contribution in [1.82, 2.24) is 0 Å². The zero-order valence-corrected chi connectivity index (χ0v) is 23.3. The van der Waals surface area contributed by atoms with Crippen molar-refractivity contribution in [2.45, 2.75) is 129 Å². The van der Waals surface area contributed by atoms with E-state index in [1.165, 1.54) is 95.5 Å². The fourth-order valence-electron chi connectivity index (χ4n) is 6.39. The average Bonchev–Trinajstić information content (AvgIpc) is 2.92. The van der Waals surface area contributed by atoms with E-state index in [9.17, 15) is 4.79 Å².